The Hall–Kier alpha value is -3.35. The fourth-order valence-corrected chi connectivity index (χ4v) is 3.26. The van der Waals surface area contributed by atoms with Gasteiger partial charge in [0, 0.05) is 43.1 Å². The predicted molar refractivity (Wildman–Crippen MR) is 100 cm³/mol. The summed E-state index contributed by atoms with van der Waals surface area (Å²) >= 11 is 0. The largest absolute Gasteiger partial charge is 0.497 e. The number of methoxy groups -OCH3 is 1. The topological polar surface area (TPSA) is 61.5 Å². The SMILES string of the molecule is COc1cc(F)cc(CN2CCN(c3ccc(-c4cn[nH]c4)cc3)C2=O)c1. The molecule has 2 heterocycles. The van der Waals surface area contributed by atoms with E-state index >= 15 is 0 Å². The van der Waals surface area contributed by atoms with E-state index in [9.17, 15) is 9.18 Å². The van der Waals surface area contributed by atoms with Gasteiger partial charge in [0.25, 0.3) is 0 Å². The Morgan fingerprint density at radius 2 is 1.96 bits per heavy atom. The van der Waals surface area contributed by atoms with Crippen LogP contribution in [0.1, 0.15) is 5.56 Å². The molecule has 0 aliphatic carbocycles. The number of aromatic nitrogens is 2. The van der Waals surface area contributed by atoms with Crippen molar-refractivity contribution < 1.29 is 13.9 Å². The second-order valence-corrected chi connectivity index (χ2v) is 6.39. The zero-order valence-corrected chi connectivity index (χ0v) is 14.9. The van der Waals surface area contributed by atoms with Crippen LogP contribution in [0.4, 0.5) is 14.9 Å². The summed E-state index contributed by atoms with van der Waals surface area (Å²) in [6, 6.07) is 12.2. The molecule has 27 heavy (non-hydrogen) atoms. The summed E-state index contributed by atoms with van der Waals surface area (Å²) in [5.74, 6) is 0.0750. The number of amides is 2. The first kappa shape index (κ1) is 17.1. The van der Waals surface area contributed by atoms with Crippen molar-refractivity contribution in [3.8, 4) is 16.9 Å². The molecule has 0 spiro atoms. The fourth-order valence-electron chi connectivity index (χ4n) is 3.26. The second kappa shape index (κ2) is 7.11. The summed E-state index contributed by atoms with van der Waals surface area (Å²) in [5, 5.41) is 6.74. The Labute approximate surface area is 156 Å². The van der Waals surface area contributed by atoms with E-state index in [-0.39, 0.29) is 11.8 Å². The molecule has 0 bridgehead atoms. The van der Waals surface area contributed by atoms with Crippen molar-refractivity contribution in [1.29, 1.82) is 0 Å². The quantitative estimate of drug-likeness (QED) is 0.749. The van der Waals surface area contributed by atoms with Crippen molar-refractivity contribution in [3.05, 3.63) is 66.2 Å². The van der Waals surface area contributed by atoms with Crippen LogP contribution < -0.4 is 9.64 Å². The van der Waals surface area contributed by atoms with Gasteiger partial charge in [0.2, 0.25) is 0 Å². The molecule has 1 N–H and O–H groups in total. The molecule has 0 radical (unpaired) electrons. The van der Waals surface area contributed by atoms with Gasteiger partial charge >= 0.3 is 6.03 Å². The molecule has 138 valence electrons. The third-order valence-electron chi connectivity index (χ3n) is 4.65. The van der Waals surface area contributed by atoms with Crippen molar-refractivity contribution >= 4 is 11.7 Å². The Kier molecular flexibility index (Phi) is 4.50. The Morgan fingerprint density at radius 3 is 2.67 bits per heavy atom. The normalized spacial score (nSPS) is 14.1. The molecule has 6 nitrogen and oxygen atoms in total. The lowest BCUT2D eigenvalue weighted by atomic mass is 10.1. The van der Waals surface area contributed by atoms with E-state index in [1.165, 1.54) is 19.2 Å². The summed E-state index contributed by atoms with van der Waals surface area (Å²) in [5.41, 5.74) is 3.57. The highest BCUT2D eigenvalue weighted by Gasteiger charge is 2.29. The second-order valence-electron chi connectivity index (χ2n) is 6.39. The number of aromatic amines is 1. The van der Waals surface area contributed by atoms with E-state index in [1.807, 2.05) is 30.5 Å². The lowest BCUT2D eigenvalue weighted by Crippen LogP contribution is -2.31. The van der Waals surface area contributed by atoms with Gasteiger partial charge in [0.1, 0.15) is 11.6 Å². The number of hydrogen-bond acceptors (Lipinski definition) is 3. The highest BCUT2D eigenvalue weighted by Crippen LogP contribution is 2.26. The van der Waals surface area contributed by atoms with E-state index in [4.69, 9.17) is 4.74 Å². The molecule has 2 aromatic carbocycles. The number of nitrogens with zero attached hydrogens (tertiary/aromatic N) is 3. The fraction of sp³-hybridized carbons (Fsp3) is 0.200. The number of urea groups is 1. The summed E-state index contributed by atoms with van der Waals surface area (Å²) in [7, 11) is 1.49. The van der Waals surface area contributed by atoms with Crippen molar-refractivity contribution in [1.82, 2.24) is 15.1 Å². The number of H-pyrrole nitrogens is 1. The standard InChI is InChI=1S/C20H19FN4O2/c1-27-19-9-14(8-17(21)10-19)13-24-6-7-25(20(24)26)18-4-2-15(3-5-18)16-11-22-23-12-16/h2-5,8-12H,6-7,13H2,1H3,(H,22,23). The van der Waals surface area contributed by atoms with Gasteiger partial charge in [0.05, 0.1) is 13.3 Å². The number of benzene rings is 2. The van der Waals surface area contributed by atoms with Crippen LogP contribution in [0.2, 0.25) is 0 Å². The summed E-state index contributed by atoms with van der Waals surface area (Å²) < 4.78 is 18.8. The zero-order chi connectivity index (χ0) is 18.8. The number of carbonyl (C=O) groups is 1. The summed E-state index contributed by atoms with van der Waals surface area (Å²) in [4.78, 5) is 16.2. The molecule has 1 aliphatic rings. The molecule has 4 rings (SSSR count). The van der Waals surface area contributed by atoms with E-state index in [0.29, 0.717) is 30.9 Å². The smallest absolute Gasteiger partial charge is 0.324 e. The van der Waals surface area contributed by atoms with Crippen molar-refractivity contribution in [2.75, 3.05) is 25.1 Å². The van der Waals surface area contributed by atoms with Crippen molar-refractivity contribution in [2.45, 2.75) is 6.54 Å². The van der Waals surface area contributed by atoms with E-state index < -0.39 is 0 Å². The average molecular weight is 366 g/mol. The third kappa shape index (κ3) is 3.48. The maximum absolute atomic E-state index is 13.7. The minimum absolute atomic E-state index is 0.0886. The lowest BCUT2D eigenvalue weighted by molar-refractivity contribution is 0.218. The van der Waals surface area contributed by atoms with Gasteiger partial charge in [-0.25, -0.2) is 9.18 Å². The molecule has 1 aliphatic heterocycles. The van der Waals surface area contributed by atoms with Crippen LogP contribution in [-0.4, -0.2) is 41.3 Å². The molecule has 1 fully saturated rings. The van der Waals surface area contributed by atoms with Crippen molar-refractivity contribution in [3.63, 3.8) is 0 Å². The lowest BCUT2D eigenvalue weighted by Gasteiger charge is -2.19. The van der Waals surface area contributed by atoms with Gasteiger partial charge in [-0.2, -0.15) is 5.10 Å². The van der Waals surface area contributed by atoms with Gasteiger partial charge in [-0.3, -0.25) is 10.00 Å². The third-order valence-corrected chi connectivity index (χ3v) is 4.65. The van der Waals surface area contributed by atoms with E-state index in [1.54, 1.807) is 22.1 Å². The monoisotopic (exact) mass is 366 g/mol. The van der Waals surface area contributed by atoms with Gasteiger partial charge in [-0.05, 0) is 35.4 Å². The summed E-state index contributed by atoms with van der Waals surface area (Å²) in [6.07, 6.45) is 3.58. The predicted octanol–water partition coefficient (Wildman–Crippen LogP) is 3.67. The minimum atomic E-state index is -0.373. The average Bonchev–Trinajstić information content (AvgIpc) is 3.32. The number of nitrogens with one attached hydrogen (secondary N) is 1. The number of carbonyl (C=O) groups excluding carboxylic acids is 1. The molecule has 0 unspecified atom stereocenters. The number of halogens is 1. The summed E-state index contributed by atoms with van der Waals surface area (Å²) in [6.45, 7) is 1.52. The van der Waals surface area contributed by atoms with Crippen LogP contribution in [-0.2, 0) is 6.54 Å². The van der Waals surface area contributed by atoms with Crippen LogP contribution in [0.5, 0.6) is 5.75 Å². The van der Waals surface area contributed by atoms with Crippen LogP contribution in [0, 0.1) is 5.82 Å². The number of ether oxygens (including phenoxy) is 1. The van der Waals surface area contributed by atoms with Crippen molar-refractivity contribution in [2.24, 2.45) is 0 Å². The number of anilines is 1. The molecule has 7 heteroatoms. The highest BCUT2D eigenvalue weighted by atomic mass is 19.1. The Morgan fingerprint density at radius 1 is 1.15 bits per heavy atom. The molecule has 0 atom stereocenters. The Bertz CT molecular complexity index is 941. The molecular formula is C20H19FN4O2. The van der Waals surface area contributed by atoms with Crippen LogP contribution in [0.15, 0.2) is 54.9 Å². The molecule has 2 amide bonds. The number of hydrogen-bond donors (Lipinski definition) is 1. The van der Waals surface area contributed by atoms with Gasteiger partial charge in [-0.1, -0.05) is 12.1 Å². The Balaban J connectivity index is 1.48. The van der Waals surface area contributed by atoms with E-state index in [0.717, 1.165) is 16.8 Å². The van der Waals surface area contributed by atoms with Gasteiger partial charge in [0.15, 0.2) is 0 Å². The first-order valence-corrected chi connectivity index (χ1v) is 8.63. The van der Waals surface area contributed by atoms with Crippen LogP contribution in [0.3, 0.4) is 0 Å². The molecule has 0 saturated carbocycles. The maximum atomic E-state index is 13.7. The first-order valence-electron chi connectivity index (χ1n) is 8.63. The van der Waals surface area contributed by atoms with E-state index in [2.05, 4.69) is 10.2 Å². The van der Waals surface area contributed by atoms with Crippen LogP contribution >= 0.6 is 0 Å². The highest BCUT2D eigenvalue weighted by molar-refractivity contribution is 5.94. The minimum Gasteiger partial charge on any atom is -0.497 e. The van der Waals surface area contributed by atoms with Gasteiger partial charge < -0.3 is 9.64 Å². The number of rotatable bonds is 5. The molecule has 1 saturated heterocycles. The first-order chi connectivity index (χ1) is 13.1. The molecular weight excluding hydrogens is 347 g/mol. The zero-order valence-electron chi connectivity index (χ0n) is 14.9. The maximum Gasteiger partial charge on any atom is 0.324 e. The molecule has 3 aromatic rings. The van der Waals surface area contributed by atoms with Gasteiger partial charge in [-0.15, -0.1) is 0 Å². The molecule has 1 aromatic heterocycles. The van der Waals surface area contributed by atoms with Crippen LogP contribution in [0.25, 0.3) is 11.1 Å².